The standard InChI is InChI=1S/C22H26N4O5/c1-14-20-16(11-17(19-3-2-7-30-19)24-22(20)31-25-14)21(27)23-12-18(15-4-8-29-13-15)26-5-9-28-10-6-26/h2-3,7,11,15,18H,4-6,8-10,12-13H2,1H3,(H,23,27). The number of pyridine rings is 1. The number of fused-ring (bicyclic) bond motifs is 1. The third kappa shape index (κ3) is 4.08. The number of furan rings is 1. The monoisotopic (exact) mass is 426 g/mol. The number of hydrogen-bond donors (Lipinski definition) is 1. The van der Waals surface area contributed by atoms with E-state index in [9.17, 15) is 4.79 Å². The summed E-state index contributed by atoms with van der Waals surface area (Å²) in [5.74, 6) is 0.787. The van der Waals surface area contributed by atoms with Crippen LogP contribution >= 0.6 is 0 Å². The van der Waals surface area contributed by atoms with Gasteiger partial charge in [0.25, 0.3) is 11.6 Å². The molecule has 5 rings (SSSR count). The van der Waals surface area contributed by atoms with Crippen LogP contribution in [0.3, 0.4) is 0 Å². The number of carbonyl (C=O) groups is 1. The number of aryl methyl sites for hydroxylation is 1. The van der Waals surface area contributed by atoms with Crippen molar-refractivity contribution in [1.29, 1.82) is 0 Å². The summed E-state index contributed by atoms with van der Waals surface area (Å²) < 4.78 is 22.0. The van der Waals surface area contributed by atoms with E-state index in [2.05, 4.69) is 20.4 Å². The molecule has 2 atom stereocenters. The van der Waals surface area contributed by atoms with Crippen LogP contribution in [-0.2, 0) is 9.47 Å². The molecule has 164 valence electrons. The van der Waals surface area contributed by atoms with Crippen molar-refractivity contribution in [3.63, 3.8) is 0 Å². The van der Waals surface area contributed by atoms with Crippen LogP contribution < -0.4 is 5.32 Å². The molecule has 0 saturated carbocycles. The molecule has 0 spiro atoms. The molecule has 3 aromatic heterocycles. The minimum absolute atomic E-state index is 0.177. The van der Waals surface area contributed by atoms with Gasteiger partial charge in [-0.3, -0.25) is 9.69 Å². The van der Waals surface area contributed by atoms with Crippen molar-refractivity contribution >= 4 is 17.0 Å². The van der Waals surface area contributed by atoms with Crippen molar-refractivity contribution < 1.29 is 23.2 Å². The second-order valence-electron chi connectivity index (χ2n) is 8.03. The van der Waals surface area contributed by atoms with Crippen LogP contribution in [0, 0.1) is 12.8 Å². The predicted octanol–water partition coefficient (Wildman–Crippen LogP) is 2.26. The van der Waals surface area contributed by atoms with Crippen molar-refractivity contribution in [2.45, 2.75) is 19.4 Å². The smallest absolute Gasteiger partial charge is 0.259 e. The van der Waals surface area contributed by atoms with E-state index in [-0.39, 0.29) is 11.9 Å². The maximum atomic E-state index is 13.3. The molecule has 0 aromatic carbocycles. The number of rotatable bonds is 6. The van der Waals surface area contributed by atoms with E-state index in [1.807, 2.05) is 6.92 Å². The van der Waals surface area contributed by atoms with Gasteiger partial charge >= 0.3 is 0 Å². The van der Waals surface area contributed by atoms with E-state index in [1.165, 1.54) is 0 Å². The Morgan fingerprint density at radius 1 is 1.29 bits per heavy atom. The molecule has 1 amide bonds. The number of ether oxygens (including phenoxy) is 2. The lowest BCUT2D eigenvalue weighted by atomic mass is 9.96. The molecule has 2 aliphatic rings. The highest BCUT2D eigenvalue weighted by Crippen LogP contribution is 2.28. The molecule has 31 heavy (non-hydrogen) atoms. The molecule has 0 aliphatic carbocycles. The molecule has 1 N–H and O–H groups in total. The summed E-state index contributed by atoms with van der Waals surface area (Å²) in [7, 11) is 0. The average Bonchev–Trinajstić information content (AvgIpc) is 3.57. The highest BCUT2D eigenvalue weighted by Gasteiger charge is 2.32. The van der Waals surface area contributed by atoms with Gasteiger partial charge in [-0.15, -0.1) is 0 Å². The maximum absolute atomic E-state index is 13.3. The summed E-state index contributed by atoms with van der Waals surface area (Å²) in [6.45, 7) is 7.01. The molecule has 2 unspecified atom stereocenters. The van der Waals surface area contributed by atoms with Crippen molar-refractivity contribution in [1.82, 2.24) is 20.4 Å². The SMILES string of the molecule is Cc1noc2nc(-c3ccco3)cc(C(=O)NCC(C3CCOC3)N3CCOCC3)c12. The summed E-state index contributed by atoms with van der Waals surface area (Å²) >= 11 is 0. The quantitative estimate of drug-likeness (QED) is 0.640. The minimum Gasteiger partial charge on any atom is -0.463 e. The zero-order chi connectivity index (χ0) is 21.2. The van der Waals surface area contributed by atoms with Crippen LogP contribution in [0.25, 0.3) is 22.6 Å². The van der Waals surface area contributed by atoms with Gasteiger partial charge in [-0.2, -0.15) is 0 Å². The lowest BCUT2D eigenvalue weighted by Crippen LogP contribution is -2.52. The van der Waals surface area contributed by atoms with Crippen LogP contribution in [0.5, 0.6) is 0 Å². The predicted molar refractivity (Wildman–Crippen MR) is 112 cm³/mol. The van der Waals surface area contributed by atoms with Crippen LogP contribution in [0.4, 0.5) is 0 Å². The number of aromatic nitrogens is 2. The molecular formula is C22H26N4O5. The molecule has 2 saturated heterocycles. The Kier molecular flexibility index (Phi) is 5.71. The average molecular weight is 426 g/mol. The van der Waals surface area contributed by atoms with Gasteiger partial charge in [-0.25, -0.2) is 4.98 Å². The fraction of sp³-hybridized carbons (Fsp3) is 0.500. The van der Waals surface area contributed by atoms with Crippen molar-refractivity contribution in [3.8, 4) is 11.5 Å². The lowest BCUT2D eigenvalue weighted by Gasteiger charge is -2.37. The number of amides is 1. The van der Waals surface area contributed by atoms with Gasteiger partial charge < -0.3 is 23.7 Å². The van der Waals surface area contributed by atoms with Gasteiger partial charge in [0.05, 0.1) is 42.7 Å². The molecule has 9 nitrogen and oxygen atoms in total. The Bertz CT molecular complexity index is 1040. The first kappa shape index (κ1) is 20.2. The number of nitrogens with zero attached hydrogens (tertiary/aromatic N) is 3. The van der Waals surface area contributed by atoms with Crippen LogP contribution in [0.2, 0.25) is 0 Å². The Hall–Kier alpha value is -2.75. The topological polar surface area (TPSA) is 103 Å². The molecule has 3 aromatic rings. The maximum Gasteiger partial charge on any atom is 0.259 e. The van der Waals surface area contributed by atoms with Gasteiger partial charge in [0.2, 0.25) is 0 Å². The second kappa shape index (κ2) is 8.78. The van der Waals surface area contributed by atoms with Gasteiger partial charge in [0.15, 0.2) is 5.76 Å². The largest absolute Gasteiger partial charge is 0.463 e. The molecule has 0 radical (unpaired) electrons. The summed E-state index contributed by atoms with van der Waals surface area (Å²) in [6.07, 6.45) is 2.58. The lowest BCUT2D eigenvalue weighted by molar-refractivity contribution is 0.00167. The van der Waals surface area contributed by atoms with Crippen molar-refractivity contribution in [2.75, 3.05) is 46.1 Å². The third-order valence-corrected chi connectivity index (χ3v) is 6.13. The first-order valence-electron chi connectivity index (χ1n) is 10.7. The number of nitrogens with one attached hydrogen (secondary N) is 1. The molecule has 0 bridgehead atoms. The zero-order valence-corrected chi connectivity index (χ0v) is 17.5. The highest BCUT2D eigenvalue weighted by atomic mass is 16.5. The summed E-state index contributed by atoms with van der Waals surface area (Å²) in [5, 5.41) is 7.78. The fourth-order valence-corrected chi connectivity index (χ4v) is 4.48. The van der Waals surface area contributed by atoms with Gasteiger partial charge in [-0.05, 0) is 31.5 Å². The zero-order valence-electron chi connectivity index (χ0n) is 17.5. The molecular weight excluding hydrogens is 400 g/mol. The molecule has 9 heteroatoms. The summed E-state index contributed by atoms with van der Waals surface area (Å²) in [5.41, 5.74) is 1.98. The Morgan fingerprint density at radius 2 is 2.16 bits per heavy atom. The first-order valence-corrected chi connectivity index (χ1v) is 10.7. The Morgan fingerprint density at radius 3 is 2.90 bits per heavy atom. The summed E-state index contributed by atoms with van der Waals surface area (Å²) in [4.78, 5) is 20.2. The number of hydrogen-bond acceptors (Lipinski definition) is 8. The fourth-order valence-electron chi connectivity index (χ4n) is 4.48. The van der Waals surface area contributed by atoms with E-state index in [0.717, 1.165) is 45.9 Å². The van der Waals surface area contributed by atoms with Gasteiger partial charge in [0, 0.05) is 38.2 Å². The molecule has 5 heterocycles. The van der Waals surface area contributed by atoms with Gasteiger partial charge in [-0.1, -0.05) is 5.16 Å². The Balaban J connectivity index is 1.40. The molecule has 2 aliphatic heterocycles. The van der Waals surface area contributed by atoms with Crippen molar-refractivity contribution in [2.24, 2.45) is 5.92 Å². The van der Waals surface area contributed by atoms with E-state index >= 15 is 0 Å². The highest BCUT2D eigenvalue weighted by molar-refractivity contribution is 6.06. The van der Waals surface area contributed by atoms with Gasteiger partial charge in [0.1, 0.15) is 5.69 Å². The van der Waals surface area contributed by atoms with E-state index < -0.39 is 0 Å². The van der Waals surface area contributed by atoms with Crippen LogP contribution in [0.15, 0.2) is 33.4 Å². The Labute approximate surface area is 179 Å². The third-order valence-electron chi connectivity index (χ3n) is 6.13. The minimum atomic E-state index is -0.177. The normalized spacial score (nSPS) is 20.9. The number of morpholine rings is 1. The van der Waals surface area contributed by atoms with Crippen LogP contribution in [0.1, 0.15) is 22.5 Å². The van der Waals surface area contributed by atoms with Crippen molar-refractivity contribution in [3.05, 3.63) is 35.7 Å². The first-order chi connectivity index (χ1) is 15.2. The number of carbonyl (C=O) groups excluding carboxylic acids is 1. The van der Waals surface area contributed by atoms with E-state index in [4.69, 9.17) is 18.4 Å². The van der Waals surface area contributed by atoms with Crippen LogP contribution in [-0.4, -0.2) is 73.1 Å². The molecule has 2 fully saturated rings. The second-order valence-corrected chi connectivity index (χ2v) is 8.03. The summed E-state index contributed by atoms with van der Waals surface area (Å²) in [6, 6.07) is 5.53. The van der Waals surface area contributed by atoms with E-state index in [0.29, 0.717) is 46.3 Å². The van der Waals surface area contributed by atoms with E-state index in [1.54, 1.807) is 24.5 Å².